The van der Waals surface area contributed by atoms with Crippen LogP contribution in [0.2, 0.25) is 0 Å². The Morgan fingerprint density at radius 3 is 2.47 bits per heavy atom. The van der Waals surface area contributed by atoms with Gasteiger partial charge in [-0.15, -0.1) is 0 Å². The van der Waals surface area contributed by atoms with Crippen molar-refractivity contribution in [1.29, 1.82) is 0 Å². The first-order chi connectivity index (χ1) is 9.22. The molecule has 1 N–H and O–H groups in total. The average molecular weight is 259 g/mol. The molecule has 100 valence electrons. The van der Waals surface area contributed by atoms with Crippen molar-refractivity contribution >= 4 is 0 Å². The highest BCUT2D eigenvalue weighted by atomic mass is 19.1. The van der Waals surface area contributed by atoms with Crippen molar-refractivity contribution in [2.24, 2.45) is 0 Å². The summed E-state index contributed by atoms with van der Waals surface area (Å²) in [7, 11) is 3.56. The molecule has 1 unspecified atom stereocenters. The molecule has 0 aliphatic heterocycles. The number of benzene rings is 2. The molecule has 0 amide bonds. The molecular weight excluding hydrogens is 241 g/mol. The SMILES string of the molecule is CNC(Cc1cccc(F)c1)c1ccc(OC)cc1. The van der Waals surface area contributed by atoms with Crippen LogP contribution >= 0.6 is 0 Å². The van der Waals surface area contributed by atoms with Crippen molar-refractivity contribution in [3.63, 3.8) is 0 Å². The summed E-state index contributed by atoms with van der Waals surface area (Å²) >= 11 is 0. The number of likely N-dealkylation sites (N-methyl/N-ethyl adjacent to an activating group) is 1. The Balaban J connectivity index is 2.15. The van der Waals surface area contributed by atoms with Crippen molar-refractivity contribution in [3.8, 4) is 5.75 Å². The highest BCUT2D eigenvalue weighted by Crippen LogP contribution is 2.21. The summed E-state index contributed by atoms with van der Waals surface area (Å²) in [6, 6.07) is 14.8. The lowest BCUT2D eigenvalue weighted by molar-refractivity contribution is 0.414. The third-order valence-electron chi connectivity index (χ3n) is 3.20. The van der Waals surface area contributed by atoms with E-state index < -0.39 is 0 Å². The Morgan fingerprint density at radius 2 is 1.89 bits per heavy atom. The smallest absolute Gasteiger partial charge is 0.123 e. The van der Waals surface area contributed by atoms with Gasteiger partial charge >= 0.3 is 0 Å². The Kier molecular flexibility index (Phi) is 4.53. The van der Waals surface area contributed by atoms with Crippen LogP contribution in [0, 0.1) is 5.82 Å². The largest absolute Gasteiger partial charge is 0.497 e. The number of hydrogen-bond donors (Lipinski definition) is 1. The number of halogens is 1. The Bertz CT molecular complexity index is 525. The fourth-order valence-corrected chi connectivity index (χ4v) is 2.12. The molecule has 0 saturated carbocycles. The fourth-order valence-electron chi connectivity index (χ4n) is 2.12. The third kappa shape index (κ3) is 3.55. The van der Waals surface area contributed by atoms with E-state index in [2.05, 4.69) is 5.32 Å². The molecule has 2 rings (SSSR count). The molecule has 0 aliphatic carbocycles. The molecule has 0 spiro atoms. The van der Waals surface area contributed by atoms with Crippen molar-refractivity contribution in [2.75, 3.05) is 14.2 Å². The first kappa shape index (κ1) is 13.6. The molecule has 0 fully saturated rings. The van der Waals surface area contributed by atoms with E-state index in [0.29, 0.717) is 0 Å². The van der Waals surface area contributed by atoms with Gasteiger partial charge in [0.1, 0.15) is 11.6 Å². The zero-order chi connectivity index (χ0) is 13.7. The Labute approximate surface area is 113 Å². The maximum absolute atomic E-state index is 13.2. The minimum atomic E-state index is -0.193. The fraction of sp³-hybridized carbons (Fsp3) is 0.250. The number of nitrogens with one attached hydrogen (secondary N) is 1. The van der Waals surface area contributed by atoms with E-state index in [1.165, 1.54) is 6.07 Å². The van der Waals surface area contributed by atoms with Crippen LogP contribution in [0.3, 0.4) is 0 Å². The van der Waals surface area contributed by atoms with Crippen LogP contribution in [0.5, 0.6) is 5.75 Å². The zero-order valence-electron chi connectivity index (χ0n) is 11.2. The molecular formula is C16H18FNO. The van der Waals surface area contributed by atoms with Gasteiger partial charge in [-0.3, -0.25) is 0 Å². The van der Waals surface area contributed by atoms with Crippen LogP contribution in [0.1, 0.15) is 17.2 Å². The quantitative estimate of drug-likeness (QED) is 0.889. The minimum absolute atomic E-state index is 0.160. The van der Waals surface area contributed by atoms with Crippen molar-refractivity contribution in [3.05, 3.63) is 65.5 Å². The van der Waals surface area contributed by atoms with E-state index in [1.807, 2.05) is 37.4 Å². The molecule has 0 saturated heterocycles. The van der Waals surface area contributed by atoms with Gasteiger partial charge in [0, 0.05) is 6.04 Å². The van der Waals surface area contributed by atoms with Crippen LogP contribution in [0.25, 0.3) is 0 Å². The van der Waals surface area contributed by atoms with E-state index in [4.69, 9.17) is 4.74 Å². The van der Waals surface area contributed by atoms with Gasteiger partial charge in [-0.05, 0) is 48.9 Å². The second-order valence-electron chi connectivity index (χ2n) is 4.45. The maximum atomic E-state index is 13.2. The molecule has 19 heavy (non-hydrogen) atoms. The van der Waals surface area contributed by atoms with Gasteiger partial charge in [0.25, 0.3) is 0 Å². The van der Waals surface area contributed by atoms with E-state index in [-0.39, 0.29) is 11.9 Å². The number of ether oxygens (including phenoxy) is 1. The van der Waals surface area contributed by atoms with Crippen molar-refractivity contribution in [2.45, 2.75) is 12.5 Å². The van der Waals surface area contributed by atoms with E-state index >= 15 is 0 Å². The summed E-state index contributed by atoms with van der Waals surface area (Å²) in [5.74, 6) is 0.645. The Hall–Kier alpha value is -1.87. The monoisotopic (exact) mass is 259 g/mol. The summed E-state index contributed by atoms with van der Waals surface area (Å²) in [6.45, 7) is 0. The lowest BCUT2D eigenvalue weighted by Gasteiger charge is -2.17. The zero-order valence-corrected chi connectivity index (χ0v) is 11.2. The second kappa shape index (κ2) is 6.34. The summed E-state index contributed by atoms with van der Waals surface area (Å²) < 4.78 is 18.3. The van der Waals surface area contributed by atoms with E-state index in [1.54, 1.807) is 19.2 Å². The molecule has 0 radical (unpaired) electrons. The number of rotatable bonds is 5. The standard InChI is InChI=1S/C16H18FNO/c1-18-16(11-12-4-3-5-14(17)10-12)13-6-8-15(19-2)9-7-13/h3-10,16,18H,11H2,1-2H3. The van der Waals surface area contributed by atoms with Crippen LogP contribution in [-0.4, -0.2) is 14.2 Å². The van der Waals surface area contributed by atoms with Crippen molar-refractivity contribution < 1.29 is 9.13 Å². The second-order valence-corrected chi connectivity index (χ2v) is 4.45. The van der Waals surface area contributed by atoms with Gasteiger partial charge in [-0.25, -0.2) is 4.39 Å². The van der Waals surface area contributed by atoms with Crippen LogP contribution < -0.4 is 10.1 Å². The lowest BCUT2D eigenvalue weighted by atomic mass is 9.99. The third-order valence-corrected chi connectivity index (χ3v) is 3.20. The van der Waals surface area contributed by atoms with Crippen molar-refractivity contribution in [1.82, 2.24) is 5.32 Å². The highest BCUT2D eigenvalue weighted by molar-refractivity contribution is 5.30. The summed E-state index contributed by atoms with van der Waals surface area (Å²) in [5.41, 5.74) is 2.14. The predicted octanol–water partition coefficient (Wildman–Crippen LogP) is 3.34. The maximum Gasteiger partial charge on any atom is 0.123 e. The molecule has 2 aromatic rings. The van der Waals surface area contributed by atoms with E-state index in [9.17, 15) is 4.39 Å². The number of methoxy groups -OCH3 is 1. The summed E-state index contributed by atoms with van der Waals surface area (Å²) in [4.78, 5) is 0. The first-order valence-electron chi connectivity index (χ1n) is 6.28. The molecule has 0 heterocycles. The van der Waals surface area contributed by atoms with E-state index in [0.717, 1.165) is 23.3 Å². The van der Waals surface area contributed by atoms with Gasteiger partial charge in [-0.1, -0.05) is 24.3 Å². The van der Waals surface area contributed by atoms with Gasteiger partial charge < -0.3 is 10.1 Å². The lowest BCUT2D eigenvalue weighted by Crippen LogP contribution is -2.18. The minimum Gasteiger partial charge on any atom is -0.497 e. The van der Waals surface area contributed by atoms with Gasteiger partial charge in [-0.2, -0.15) is 0 Å². The normalized spacial score (nSPS) is 12.2. The van der Waals surface area contributed by atoms with Crippen LogP contribution in [0.4, 0.5) is 4.39 Å². The average Bonchev–Trinajstić information content (AvgIpc) is 2.45. The Morgan fingerprint density at radius 1 is 1.16 bits per heavy atom. The molecule has 0 bridgehead atoms. The molecule has 2 nitrogen and oxygen atoms in total. The summed E-state index contributed by atoms with van der Waals surface area (Å²) in [6.07, 6.45) is 0.751. The first-order valence-corrected chi connectivity index (χ1v) is 6.28. The predicted molar refractivity (Wildman–Crippen MR) is 74.9 cm³/mol. The molecule has 1 atom stereocenters. The highest BCUT2D eigenvalue weighted by Gasteiger charge is 2.10. The molecule has 0 aromatic heterocycles. The van der Waals surface area contributed by atoms with Gasteiger partial charge in [0.15, 0.2) is 0 Å². The molecule has 2 aromatic carbocycles. The van der Waals surface area contributed by atoms with Gasteiger partial charge in [0.2, 0.25) is 0 Å². The van der Waals surface area contributed by atoms with Crippen LogP contribution in [0.15, 0.2) is 48.5 Å². The summed E-state index contributed by atoms with van der Waals surface area (Å²) in [5, 5.41) is 3.26. The molecule has 3 heteroatoms. The number of hydrogen-bond acceptors (Lipinski definition) is 2. The molecule has 0 aliphatic rings. The van der Waals surface area contributed by atoms with Crippen LogP contribution in [-0.2, 0) is 6.42 Å². The van der Waals surface area contributed by atoms with Gasteiger partial charge in [0.05, 0.1) is 7.11 Å². The topological polar surface area (TPSA) is 21.3 Å².